The summed E-state index contributed by atoms with van der Waals surface area (Å²) >= 11 is 0. The zero-order valence-corrected chi connectivity index (χ0v) is 10.1. The molecule has 7 nitrogen and oxygen atoms in total. The first kappa shape index (κ1) is 14.5. The highest BCUT2D eigenvalue weighted by Gasteiger charge is 2.24. The molecule has 4 N–H and O–H groups in total. The van der Waals surface area contributed by atoms with Crippen molar-refractivity contribution in [3.05, 3.63) is 29.3 Å². The van der Waals surface area contributed by atoms with Crippen molar-refractivity contribution in [3.8, 4) is 5.75 Å². The van der Waals surface area contributed by atoms with Crippen molar-refractivity contribution in [2.75, 3.05) is 0 Å². The van der Waals surface area contributed by atoms with E-state index in [0.717, 1.165) is 5.56 Å². The standard InChI is InChI=1S/C12H13NO6/c1-6-2-3-7(9(14)4-6)11(17)13-8(12(18)19)5-10(15)16/h2-4,8,14H,5H2,1H3,(H,13,17)(H,15,16)(H,18,19)/t8-/m0/s1. The molecule has 1 aromatic carbocycles. The molecule has 7 heteroatoms. The van der Waals surface area contributed by atoms with Gasteiger partial charge in [-0.25, -0.2) is 4.79 Å². The summed E-state index contributed by atoms with van der Waals surface area (Å²) in [6, 6.07) is 2.70. The van der Waals surface area contributed by atoms with E-state index in [2.05, 4.69) is 0 Å². The topological polar surface area (TPSA) is 124 Å². The molecule has 19 heavy (non-hydrogen) atoms. The minimum absolute atomic E-state index is 0.109. The van der Waals surface area contributed by atoms with Gasteiger partial charge >= 0.3 is 11.9 Å². The van der Waals surface area contributed by atoms with Crippen molar-refractivity contribution in [2.24, 2.45) is 0 Å². The molecule has 0 bridgehead atoms. The second-order valence-corrected chi connectivity index (χ2v) is 3.98. The van der Waals surface area contributed by atoms with Gasteiger partial charge in [-0.2, -0.15) is 0 Å². The van der Waals surface area contributed by atoms with Crippen LogP contribution in [0.15, 0.2) is 18.2 Å². The Balaban J connectivity index is 2.87. The molecule has 0 aromatic heterocycles. The van der Waals surface area contributed by atoms with Crippen LogP contribution in [-0.2, 0) is 9.59 Å². The fraction of sp³-hybridized carbons (Fsp3) is 0.250. The minimum atomic E-state index is -1.55. The summed E-state index contributed by atoms with van der Waals surface area (Å²) in [6.07, 6.45) is -0.742. The Hall–Kier alpha value is -2.57. The normalized spacial score (nSPS) is 11.6. The maximum Gasteiger partial charge on any atom is 0.326 e. The third-order valence-corrected chi connectivity index (χ3v) is 2.38. The summed E-state index contributed by atoms with van der Waals surface area (Å²) in [5.41, 5.74) is 0.622. The lowest BCUT2D eigenvalue weighted by Gasteiger charge is -2.13. The van der Waals surface area contributed by atoms with Crippen LogP contribution in [0.4, 0.5) is 0 Å². The van der Waals surface area contributed by atoms with Gasteiger partial charge in [0, 0.05) is 0 Å². The highest BCUT2D eigenvalue weighted by molar-refractivity contribution is 5.99. The molecule has 1 atom stereocenters. The first-order valence-corrected chi connectivity index (χ1v) is 5.36. The number of benzene rings is 1. The van der Waals surface area contributed by atoms with Crippen LogP contribution < -0.4 is 5.32 Å². The molecule has 0 aliphatic heterocycles. The molecule has 0 unspecified atom stereocenters. The summed E-state index contributed by atoms with van der Waals surface area (Å²) in [4.78, 5) is 33.0. The predicted molar refractivity (Wildman–Crippen MR) is 64.0 cm³/mol. The molecular formula is C12H13NO6. The summed E-state index contributed by atoms with van der Waals surface area (Å²) in [5.74, 6) is -3.94. The number of aromatic hydroxyl groups is 1. The lowest BCUT2D eigenvalue weighted by molar-refractivity contribution is -0.145. The first-order chi connectivity index (χ1) is 8.81. The van der Waals surface area contributed by atoms with Crippen molar-refractivity contribution in [1.82, 2.24) is 5.32 Å². The second kappa shape index (κ2) is 5.85. The van der Waals surface area contributed by atoms with E-state index in [1.54, 1.807) is 13.0 Å². The number of aryl methyl sites for hydroxylation is 1. The number of carboxylic acids is 2. The Kier molecular flexibility index (Phi) is 4.46. The van der Waals surface area contributed by atoms with Crippen LogP contribution in [-0.4, -0.2) is 39.2 Å². The highest BCUT2D eigenvalue weighted by Crippen LogP contribution is 2.18. The fourth-order valence-electron chi connectivity index (χ4n) is 1.44. The number of nitrogens with one attached hydrogen (secondary N) is 1. The number of hydrogen-bond donors (Lipinski definition) is 4. The van der Waals surface area contributed by atoms with E-state index in [-0.39, 0.29) is 11.3 Å². The van der Waals surface area contributed by atoms with E-state index >= 15 is 0 Å². The van der Waals surface area contributed by atoms with Crippen molar-refractivity contribution in [3.63, 3.8) is 0 Å². The third-order valence-electron chi connectivity index (χ3n) is 2.38. The molecule has 0 heterocycles. The molecule has 0 aliphatic carbocycles. The van der Waals surface area contributed by atoms with Crippen LogP contribution in [0.3, 0.4) is 0 Å². The van der Waals surface area contributed by atoms with Crippen LogP contribution in [0.5, 0.6) is 5.75 Å². The van der Waals surface area contributed by atoms with Crippen molar-refractivity contribution in [2.45, 2.75) is 19.4 Å². The first-order valence-electron chi connectivity index (χ1n) is 5.36. The largest absolute Gasteiger partial charge is 0.507 e. The number of phenolic OH excluding ortho intramolecular Hbond substituents is 1. The van der Waals surface area contributed by atoms with Gasteiger partial charge < -0.3 is 20.6 Å². The maximum atomic E-state index is 11.7. The average molecular weight is 267 g/mol. The SMILES string of the molecule is Cc1ccc(C(=O)N[C@@H](CC(=O)O)C(=O)O)c(O)c1. The monoisotopic (exact) mass is 267 g/mol. The molecule has 102 valence electrons. The number of carbonyl (C=O) groups excluding carboxylic acids is 1. The number of carbonyl (C=O) groups is 3. The van der Waals surface area contributed by atoms with Gasteiger partial charge in [0.1, 0.15) is 11.8 Å². The average Bonchev–Trinajstić information content (AvgIpc) is 2.26. The molecule has 1 aromatic rings. The molecule has 0 spiro atoms. The number of hydrogen-bond acceptors (Lipinski definition) is 4. The number of phenols is 1. The van der Waals surface area contributed by atoms with Crippen molar-refractivity contribution < 1.29 is 29.7 Å². The van der Waals surface area contributed by atoms with Gasteiger partial charge in [-0.05, 0) is 24.6 Å². The Morgan fingerprint density at radius 3 is 2.37 bits per heavy atom. The number of carboxylic acid groups (broad SMARTS) is 2. The molecule has 1 rings (SSSR count). The Morgan fingerprint density at radius 2 is 1.89 bits per heavy atom. The van der Waals surface area contributed by atoms with Crippen LogP contribution in [0, 0.1) is 6.92 Å². The number of aliphatic carboxylic acids is 2. The zero-order valence-electron chi connectivity index (χ0n) is 10.1. The van der Waals surface area contributed by atoms with Crippen LogP contribution in [0.1, 0.15) is 22.3 Å². The van der Waals surface area contributed by atoms with Gasteiger partial charge in [0.05, 0.1) is 12.0 Å². The molecule has 0 aliphatic rings. The second-order valence-electron chi connectivity index (χ2n) is 3.98. The molecule has 0 radical (unpaired) electrons. The van der Waals surface area contributed by atoms with Gasteiger partial charge in [0.25, 0.3) is 5.91 Å². The summed E-state index contributed by atoms with van der Waals surface area (Å²) in [6.45, 7) is 1.71. The van der Waals surface area contributed by atoms with E-state index in [1.807, 2.05) is 5.32 Å². The lowest BCUT2D eigenvalue weighted by Crippen LogP contribution is -2.42. The van der Waals surface area contributed by atoms with E-state index in [9.17, 15) is 19.5 Å². The van der Waals surface area contributed by atoms with Crippen LogP contribution >= 0.6 is 0 Å². The Bertz CT molecular complexity index is 525. The molecule has 1 amide bonds. The van der Waals surface area contributed by atoms with Gasteiger partial charge in [0.2, 0.25) is 0 Å². The van der Waals surface area contributed by atoms with Gasteiger partial charge in [0.15, 0.2) is 0 Å². The van der Waals surface area contributed by atoms with E-state index in [4.69, 9.17) is 10.2 Å². The van der Waals surface area contributed by atoms with Gasteiger partial charge in [-0.3, -0.25) is 9.59 Å². The predicted octanol–water partition coefficient (Wildman–Crippen LogP) is 0.358. The summed E-state index contributed by atoms with van der Waals surface area (Å²) in [5, 5.41) is 28.9. The van der Waals surface area contributed by atoms with Crippen molar-refractivity contribution in [1.29, 1.82) is 0 Å². The maximum absolute atomic E-state index is 11.7. The van der Waals surface area contributed by atoms with Gasteiger partial charge in [-0.1, -0.05) is 6.07 Å². The number of rotatable bonds is 5. The van der Waals surface area contributed by atoms with E-state index < -0.39 is 30.3 Å². The van der Waals surface area contributed by atoms with E-state index in [1.165, 1.54) is 12.1 Å². The molecule has 0 saturated heterocycles. The van der Waals surface area contributed by atoms with E-state index in [0.29, 0.717) is 0 Å². The van der Waals surface area contributed by atoms with Gasteiger partial charge in [-0.15, -0.1) is 0 Å². The number of amides is 1. The Labute approximate surface area is 108 Å². The minimum Gasteiger partial charge on any atom is -0.507 e. The quantitative estimate of drug-likeness (QED) is 0.610. The fourth-order valence-corrected chi connectivity index (χ4v) is 1.44. The molecular weight excluding hydrogens is 254 g/mol. The van der Waals surface area contributed by atoms with Crippen molar-refractivity contribution >= 4 is 17.8 Å². The molecule has 0 saturated carbocycles. The van der Waals surface area contributed by atoms with Crippen LogP contribution in [0.2, 0.25) is 0 Å². The summed E-state index contributed by atoms with van der Waals surface area (Å²) in [7, 11) is 0. The van der Waals surface area contributed by atoms with Crippen LogP contribution in [0.25, 0.3) is 0 Å². The lowest BCUT2D eigenvalue weighted by atomic mass is 10.1. The smallest absolute Gasteiger partial charge is 0.326 e. The third kappa shape index (κ3) is 3.98. The Morgan fingerprint density at radius 1 is 1.26 bits per heavy atom. The zero-order chi connectivity index (χ0) is 14.6. The summed E-state index contributed by atoms with van der Waals surface area (Å²) < 4.78 is 0. The molecule has 0 fully saturated rings. The highest BCUT2D eigenvalue weighted by atomic mass is 16.4.